The topological polar surface area (TPSA) is 24.9 Å². The maximum Gasteiger partial charge on any atom is 0.0358 e. The van der Waals surface area contributed by atoms with Crippen LogP contribution < -0.4 is 5.32 Å². The van der Waals surface area contributed by atoms with Crippen LogP contribution >= 0.6 is 0 Å². The van der Waals surface area contributed by atoms with E-state index in [1.54, 1.807) is 0 Å². The molecule has 1 rings (SSSR count). The van der Waals surface area contributed by atoms with Gasteiger partial charge in [0.2, 0.25) is 0 Å². The van der Waals surface area contributed by atoms with E-state index in [1.807, 2.05) is 19.4 Å². The molecule has 2 heteroatoms. The van der Waals surface area contributed by atoms with E-state index in [4.69, 9.17) is 0 Å². The molecule has 0 spiro atoms. The fourth-order valence-corrected chi connectivity index (χ4v) is 1.65. The van der Waals surface area contributed by atoms with Gasteiger partial charge in [-0.15, -0.1) is 0 Å². The van der Waals surface area contributed by atoms with E-state index in [1.165, 1.54) is 11.1 Å². The maximum absolute atomic E-state index is 4.16. The highest BCUT2D eigenvalue weighted by atomic mass is 14.9. The Morgan fingerprint density at radius 1 is 1.38 bits per heavy atom. The zero-order valence-electron chi connectivity index (χ0n) is 8.83. The SMILES string of the molecule is CNC(c1cnccc1C)C(C)C. The van der Waals surface area contributed by atoms with E-state index in [9.17, 15) is 0 Å². The molecule has 1 unspecified atom stereocenters. The highest BCUT2D eigenvalue weighted by Crippen LogP contribution is 2.22. The van der Waals surface area contributed by atoms with Crippen LogP contribution in [-0.4, -0.2) is 12.0 Å². The van der Waals surface area contributed by atoms with Crippen LogP contribution in [0.4, 0.5) is 0 Å². The molecule has 0 bridgehead atoms. The molecule has 0 aliphatic heterocycles. The van der Waals surface area contributed by atoms with E-state index in [0.29, 0.717) is 12.0 Å². The summed E-state index contributed by atoms with van der Waals surface area (Å²) >= 11 is 0. The van der Waals surface area contributed by atoms with Gasteiger partial charge in [0.15, 0.2) is 0 Å². The molecular weight excluding hydrogens is 160 g/mol. The Balaban J connectivity index is 2.97. The lowest BCUT2D eigenvalue weighted by atomic mass is 9.94. The van der Waals surface area contributed by atoms with E-state index in [0.717, 1.165) is 0 Å². The predicted molar refractivity (Wildman–Crippen MR) is 55.6 cm³/mol. The molecule has 0 saturated heterocycles. The average Bonchev–Trinajstić information content (AvgIpc) is 2.09. The Labute approximate surface area is 80.4 Å². The Hall–Kier alpha value is -0.890. The molecule has 1 heterocycles. The molecular formula is C11H18N2. The molecule has 1 aromatic heterocycles. The van der Waals surface area contributed by atoms with Crippen molar-refractivity contribution < 1.29 is 0 Å². The van der Waals surface area contributed by atoms with Gasteiger partial charge < -0.3 is 5.32 Å². The van der Waals surface area contributed by atoms with Crippen molar-refractivity contribution in [3.05, 3.63) is 29.6 Å². The van der Waals surface area contributed by atoms with Crippen LogP contribution in [0.1, 0.15) is 31.0 Å². The van der Waals surface area contributed by atoms with Crippen molar-refractivity contribution in [2.75, 3.05) is 7.05 Å². The molecule has 72 valence electrons. The summed E-state index contributed by atoms with van der Waals surface area (Å²) < 4.78 is 0. The minimum Gasteiger partial charge on any atom is -0.313 e. The Morgan fingerprint density at radius 3 is 2.54 bits per heavy atom. The molecule has 0 aliphatic carbocycles. The summed E-state index contributed by atoms with van der Waals surface area (Å²) in [6.07, 6.45) is 3.79. The van der Waals surface area contributed by atoms with Crippen molar-refractivity contribution in [3.63, 3.8) is 0 Å². The highest BCUT2D eigenvalue weighted by Gasteiger charge is 2.14. The van der Waals surface area contributed by atoms with Crippen molar-refractivity contribution in [1.29, 1.82) is 0 Å². The van der Waals surface area contributed by atoms with Gasteiger partial charge in [-0.1, -0.05) is 13.8 Å². The summed E-state index contributed by atoms with van der Waals surface area (Å²) in [4.78, 5) is 4.16. The van der Waals surface area contributed by atoms with E-state index in [2.05, 4.69) is 37.1 Å². The number of rotatable bonds is 3. The number of nitrogens with one attached hydrogen (secondary N) is 1. The minimum absolute atomic E-state index is 0.411. The van der Waals surface area contributed by atoms with Gasteiger partial charge >= 0.3 is 0 Å². The molecule has 1 aromatic rings. The second kappa shape index (κ2) is 4.38. The van der Waals surface area contributed by atoms with Crippen LogP contribution in [0.5, 0.6) is 0 Å². The van der Waals surface area contributed by atoms with Gasteiger partial charge in [0.1, 0.15) is 0 Å². The number of pyridine rings is 1. The second-order valence-corrected chi connectivity index (χ2v) is 3.74. The number of nitrogens with zero attached hydrogens (tertiary/aromatic N) is 1. The largest absolute Gasteiger partial charge is 0.313 e. The summed E-state index contributed by atoms with van der Waals surface area (Å²) in [5.41, 5.74) is 2.61. The number of aryl methyl sites for hydroxylation is 1. The van der Waals surface area contributed by atoms with Crippen LogP contribution in [0.3, 0.4) is 0 Å². The average molecular weight is 178 g/mol. The molecule has 2 nitrogen and oxygen atoms in total. The normalized spacial score (nSPS) is 13.3. The molecule has 0 radical (unpaired) electrons. The first-order valence-electron chi connectivity index (χ1n) is 4.74. The predicted octanol–water partition coefficient (Wildman–Crippen LogP) is 2.31. The lowest BCUT2D eigenvalue weighted by Crippen LogP contribution is -2.22. The van der Waals surface area contributed by atoms with Gasteiger partial charge in [-0.25, -0.2) is 0 Å². The smallest absolute Gasteiger partial charge is 0.0358 e. The summed E-state index contributed by atoms with van der Waals surface area (Å²) in [5.74, 6) is 0.591. The van der Waals surface area contributed by atoms with Crippen molar-refractivity contribution >= 4 is 0 Å². The third-order valence-electron chi connectivity index (χ3n) is 2.39. The first-order valence-corrected chi connectivity index (χ1v) is 4.74. The third-order valence-corrected chi connectivity index (χ3v) is 2.39. The lowest BCUT2D eigenvalue weighted by Gasteiger charge is -2.21. The molecule has 0 aromatic carbocycles. The fourth-order valence-electron chi connectivity index (χ4n) is 1.65. The first-order chi connectivity index (χ1) is 6.16. The van der Waals surface area contributed by atoms with Crippen LogP contribution in [0, 0.1) is 12.8 Å². The van der Waals surface area contributed by atoms with Gasteiger partial charge in [-0.3, -0.25) is 4.98 Å². The van der Waals surface area contributed by atoms with Crippen LogP contribution in [0.15, 0.2) is 18.5 Å². The van der Waals surface area contributed by atoms with Crippen molar-refractivity contribution in [2.24, 2.45) is 5.92 Å². The lowest BCUT2D eigenvalue weighted by molar-refractivity contribution is 0.440. The van der Waals surface area contributed by atoms with E-state index < -0.39 is 0 Å². The number of hydrogen-bond acceptors (Lipinski definition) is 2. The number of hydrogen-bond donors (Lipinski definition) is 1. The van der Waals surface area contributed by atoms with Gasteiger partial charge in [0, 0.05) is 18.4 Å². The Morgan fingerprint density at radius 2 is 2.08 bits per heavy atom. The Bertz CT molecular complexity index is 269. The quantitative estimate of drug-likeness (QED) is 0.768. The van der Waals surface area contributed by atoms with Crippen molar-refractivity contribution in [3.8, 4) is 0 Å². The zero-order chi connectivity index (χ0) is 9.84. The van der Waals surface area contributed by atoms with Gasteiger partial charge in [0.05, 0.1) is 0 Å². The summed E-state index contributed by atoms with van der Waals surface area (Å²) in [6, 6.07) is 2.47. The van der Waals surface area contributed by atoms with Crippen LogP contribution in [0.25, 0.3) is 0 Å². The molecule has 0 saturated carbocycles. The van der Waals surface area contributed by atoms with Crippen molar-refractivity contribution in [1.82, 2.24) is 10.3 Å². The fraction of sp³-hybridized carbons (Fsp3) is 0.545. The van der Waals surface area contributed by atoms with Gasteiger partial charge in [-0.2, -0.15) is 0 Å². The standard InChI is InChI=1S/C11H18N2/c1-8(2)11(12-4)10-7-13-6-5-9(10)3/h5-8,11-12H,1-4H3. The molecule has 13 heavy (non-hydrogen) atoms. The van der Waals surface area contributed by atoms with Crippen LogP contribution in [-0.2, 0) is 0 Å². The first kappa shape index (κ1) is 10.2. The number of aromatic nitrogens is 1. The summed E-state index contributed by atoms with van der Waals surface area (Å²) in [5, 5.41) is 3.32. The molecule has 1 atom stereocenters. The van der Waals surface area contributed by atoms with Gasteiger partial charge in [0.25, 0.3) is 0 Å². The van der Waals surface area contributed by atoms with E-state index in [-0.39, 0.29) is 0 Å². The molecule has 0 aliphatic rings. The van der Waals surface area contributed by atoms with Crippen molar-refractivity contribution in [2.45, 2.75) is 26.8 Å². The zero-order valence-corrected chi connectivity index (χ0v) is 8.83. The highest BCUT2D eigenvalue weighted by molar-refractivity contribution is 5.25. The van der Waals surface area contributed by atoms with Gasteiger partial charge in [-0.05, 0) is 37.1 Å². The second-order valence-electron chi connectivity index (χ2n) is 3.74. The summed E-state index contributed by atoms with van der Waals surface area (Å²) in [7, 11) is 2.00. The molecule has 1 N–H and O–H groups in total. The van der Waals surface area contributed by atoms with Crippen LogP contribution in [0.2, 0.25) is 0 Å². The maximum atomic E-state index is 4.16. The Kier molecular flexibility index (Phi) is 3.43. The molecule has 0 amide bonds. The van der Waals surface area contributed by atoms with E-state index >= 15 is 0 Å². The minimum atomic E-state index is 0.411. The molecule has 0 fully saturated rings. The summed E-state index contributed by atoms with van der Waals surface area (Å²) in [6.45, 7) is 6.56. The third kappa shape index (κ3) is 2.28. The monoisotopic (exact) mass is 178 g/mol.